The van der Waals surface area contributed by atoms with Crippen molar-refractivity contribution < 1.29 is 18.3 Å². The molecule has 2 nitrogen and oxygen atoms in total. The Bertz CT molecular complexity index is 267. The second-order valence-electron chi connectivity index (χ2n) is 5.55. The molecule has 0 rings (SSSR count). The summed E-state index contributed by atoms with van der Waals surface area (Å²) in [6, 6.07) is 0. The number of carbonyl (C=O) groups is 1. The van der Waals surface area contributed by atoms with Crippen LogP contribution in [0.3, 0.4) is 0 Å². The highest BCUT2D eigenvalue weighted by molar-refractivity contribution is 8.00. The van der Waals surface area contributed by atoms with Gasteiger partial charge in [-0.25, -0.2) is 8.78 Å². The summed E-state index contributed by atoms with van der Waals surface area (Å²) < 4.78 is 30.6. The Morgan fingerprint density at radius 1 is 1.14 bits per heavy atom. The predicted molar refractivity (Wildman–Crippen MR) is 86.1 cm³/mol. The summed E-state index contributed by atoms with van der Waals surface area (Å²) in [5, 5.41) is -0.134. The Labute approximate surface area is 132 Å². The topological polar surface area (TPSA) is 26.3 Å². The van der Waals surface area contributed by atoms with Crippen molar-refractivity contribution >= 4 is 17.7 Å². The normalized spacial score (nSPS) is 13.2. The first-order chi connectivity index (χ1) is 9.90. The number of thioether (sulfide) groups is 1. The molecule has 0 heterocycles. The van der Waals surface area contributed by atoms with Gasteiger partial charge in [0.15, 0.2) is 0 Å². The Kier molecular flexibility index (Phi) is 12.1. The van der Waals surface area contributed by atoms with E-state index in [9.17, 15) is 13.6 Å². The van der Waals surface area contributed by atoms with Crippen molar-refractivity contribution in [1.29, 1.82) is 0 Å². The first-order valence-corrected chi connectivity index (χ1v) is 9.11. The maximum atomic E-state index is 12.7. The van der Waals surface area contributed by atoms with E-state index in [2.05, 4.69) is 6.92 Å². The highest BCUT2D eigenvalue weighted by Gasteiger charge is 2.21. The molecule has 0 spiro atoms. The molecular formula is C16H30F2O2S. The van der Waals surface area contributed by atoms with Gasteiger partial charge in [0, 0.05) is 6.42 Å². The molecule has 126 valence electrons. The second-order valence-corrected chi connectivity index (χ2v) is 6.86. The smallest absolute Gasteiger partial charge is 0.319 e. The van der Waals surface area contributed by atoms with Gasteiger partial charge in [0.1, 0.15) is 5.25 Å². The minimum Gasteiger partial charge on any atom is -0.465 e. The van der Waals surface area contributed by atoms with Gasteiger partial charge >= 0.3 is 5.97 Å². The fraction of sp³-hybridized carbons (Fsp3) is 0.938. The molecule has 0 aliphatic carbocycles. The van der Waals surface area contributed by atoms with E-state index in [0.717, 1.165) is 51.2 Å². The fourth-order valence-electron chi connectivity index (χ4n) is 1.91. The number of hydrogen-bond acceptors (Lipinski definition) is 3. The summed E-state index contributed by atoms with van der Waals surface area (Å²) in [6.45, 7) is 5.52. The number of unbranched alkanes of at least 4 members (excludes halogenated alkanes) is 3. The van der Waals surface area contributed by atoms with Gasteiger partial charge in [-0.1, -0.05) is 33.1 Å². The van der Waals surface area contributed by atoms with E-state index in [-0.39, 0.29) is 17.6 Å². The quantitative estimate of drug-likeness (QED) is 0.333. The van der Waals surface area contributed by atoms with Gasteiger partial charge in [-0.15, -0.1) is 11.8 Å². The third kappa shape index (κ3) is 13.1. The van der Waals surface area contributed by atoms with Crippen molar-refractivity contribution in [3.63, 3.8) is 0 Å². The van der Waals surface area contributed by atoms with Crippen LogP contribution in [0.4, 0.5) is 8.78 Å². The van der Waals surface area contributed by atoms with Crippen molar-refractivity contribution in [3.8, 4) is 0 Å². The van der Waals surface area contributed by atoms with Crippen LogP contribution in [0.5, 0.6) is 0 Å². The highest BCUT2D eigenvalue weighted by Crippen LogP contribution is 2.24. The van der Waals surface area contributed by atoms with Crippen molar-refractivity contribution in [3.05, 3.63) is 0 Å². The summed E-state index contributed by atoms with van der Waals surface area (Å²) in [5.41, 5.74) is 0. The van der Waals surface area contributed by atoms with Gasteiger partial charge in [0.05, 0.1) is 6.61 Å². The van der Waals surface area contributed by atoms with E-state index in [1.807, 2.05) is 6.92 Å². The molecule has 0 fully saturated rings. The maximum Gasteiger partial charge on any atom is 0.319 e. The minimum atomic E-state index is -2.58. The maximum absolute atomic E-state index is 12.7. The van der Waals surface area contributed by atoms with Crippen LogP contribution in [-0.4, -0.2) is 29.5 Å². The Balaban J connectivity index is 3.99. The van der Waals surface area contributed by atoms with Crippen molar-refractivity contribution in [2.75, 3.05) is 12.4 Å². The average molecular weight is 324 g/mol. The lowest BCUT2D eigenvalue weighted by Crippen LogP contribution is -2.21. The average Bonchev–Trinajstić information content (AvgIpc) is 2.41. The standard InChI is InChI=1S/C16H30F2O2S/c1-4-6-7-10-14(15(19)20-12-5-2)21-13-9-8-11-16(3,17)18/h14H,4-13H2,1-3H3. The number of ether oxygens (including phenoxy) is 1. The molecule has 0 amide bonds. The van der Waals surface area contributed by atoms with Gasteiger partial charge in [-0.05, 0) is 38.4 Å². The molecule has 1 atom stereocenters. The molecular weight excluding hydrogens is 294 g/mol. The largest absolute Gasteiger partial charge is 0.465 e. The molecule has 0 aromatic rings. The first-order valence-electron chi connectivity index (χ1n) is 8.06. The predicted octanol–water partition coefficient (Wildman–Crippen LogP) is 5.45. The zero-order valence-electron chi connectivity index (χ0n) is 13.6. The van der Waals surface area contributed by atoms with Crippen LogP contribution in [0.15, 0.2) is 0 Å². The summed E-state index contributed by atoms with van der Waals surface area (Å²) >= 11 is 1.56. The number of hydrogen-bond donors (Lipinski definition) is 0. The van der Waals surface area contributed by atoms with Gasteiger partial charge in [-0.3, -0.25) is 4.79 Å². The van der Waals surface area contributed by atoms with Crippen LogP contribution in [0, 0.1) is 0 Å². The SMILES string of the molecule is CCCCCC(SCCCCC(C)(F)F)C(=O)OCCC. The van der Waals surface area contributed by atoms with Crippen LogP contribution < -0.4 is 0 Å². The molecule has 0 N–H and O–H groups in total. The lowest BCUT2D eigenvalue weighted by Gasteiger charge is -2.16. The number of rotatable bonds is 13. The minimum absolute atomic E-state index is 0.0751. The third-order valence-corrected chi connectivity index (χ3v) is 4.47. The molecule has 0 aliphatic rings. The first kappa shape index (κ1) is 20.7. The third-order valence-electron chi connectivity index (χ3n) is 3.11. The monoisotopic (exact) mass is 324 g/mol. The van der Waals surface area contributed by atoms with Crippen molar-refractivity contribution in [2.24, 2.45) is 0 Å². The summed E-state index contributed by atoms with van der Waals surface area (Å²) in [5.74, 6) is -1.97. The number of alkyl halides is 2. The van der Waals surface area contributed by atoms with Crippen LogP contribution in [0.2, 0.25) is 0 Å². The number of halogens is 2. The van der Waals surface area contributed by atoms with Gasteiger partial charge in [0.25, 0.3) is 0 Å². The zero-order chi connectivity index (χ0) is 16.1. The molecule has 0 saturated carbocycles. The lowest BCUT2D eigenvalue weighted by atomic mass is 10.1. The lowest BCUT2D eigenvalue weighted by molar-refractivity contribution is -0.143. The van der Waals surface area contributed by atoms with Crippen LogP contribution in [0.25, 0.3) is 0 Å². The molecule has 0 aromatic carbocycles. The van der Waals surface area contributed by atoms with E-state index < -0.39 is 5.92 Å². The van der Waals surface area contributed by atoms with Crippen molar-refractivity contribution in [1.82, 2.24) is 0 Å². The molecule has 5 heteroatoms. The summed E-state index contributed by atoms with van der Waals surface area (Å²) in [7, 11) is 0. The van der Waals surface area contributed by atoms with Crippen LogP contribution in [-0.2, 0) is 9.53 Å². The van der Waals surface area contributed by atoms with Gasteiger partial charge < -0.3 is 4.74 Å². The molecule has 21 heavy (non-hydrogen) atoms. The Morgan fingerprint density at radius 3 is 2.43 bits per heavy atom. The Hall–Kier alpha value is -0.320. The number of carbonyl (C=O) groups excluding carboxylic acids is 1. The molecule has 1 unspecified atom stereocenters. The fourth-order valence-corrected chi connectivity index (χ4v) is 3.10. The van der Waals surface area contributed by atoms with E-state index >= 15 is 0 Å². The van der Waals surface area contributed by atoms with Crippen LogP contribution in [0.1, 0.15) is 72.1 Å². The zero-order valence-corrected chi connectivity index (χ0v) is 14.4. The highest BCUT2D eigenvalue weighted by atomic mass is 32.2. The summed E-state index contributed by atoms with van der Waals surface area (Å²) in [4.78, 5) is 12.0. The van der Waals surface area contributed by atoms with Crippen LogP contribution >= 0.6 is 11.8 Å². The van der Waals surface area contributed by atoms with Gasteiger partial charge in [0.2, 0.25) is 5.92 Å². The van der Waals surface area contributed by atoms with Crippen molar-refractivity contribution in [2.45, 2.75) is 83.3 Å². The van der Waals surface area contributed by atoms with Gasteiger partial charge in [-0.2, -0.15) is 0 Å². The molecule has 0 aliphatic heterocycles. The van der Waals surface area contributed by atoms with E-state index in [1.165, 1.54) is 0 Å². The Morgan fingerprint density at radius 2 is 1.86 bits per heavy atom. The second kappa shape index (κ2) is 12.2. The number of esters is 1. The van der Waals surface area contributed by atoms with E-state index in [0.29, 0.717) is 13.0 Å². The summed E-state index contributed by atoms with van der Waals surface area (Å²) in [6.07, 6.45) is 6.04. The molecule has 0 bridgehead atoms. The van der Waals surface area contributed by atoms with E-state index in [1.54, 1.807) is 11.8 Å². The van der Waals surface area contributed by atoms with E-state index in [4.69, 9.17) is 4.74 Å². The molecule has 0 aromatic heterocycles. The molecule has 0 radical (unpaired) electrons. The molecule has 0 saturated heterocycles.